The molecule has 4 rings (SSSR count). The average molecular weight is 614 g/mol. The van der Waals surface area contributed by atoms with E-state index in [4.69, 9.17) is 9.47 Å². The Morgan fingerprint density at radius 2 is 1.20 bits per heavy atom. The maximum Gasteiger partial charge on any atom is 0.410 e. The zero-order valence-corrected chi connectivity index (χ0v) is 25.9. The van der Waals surface area contributed by atoms with E-state index in [1.807, 2.05) is 0 Å². The fraction of sp³-hybridized carbons (Fsp3) is 0.424. The molecule has 236 valence electrons. The first kappa shape index (κ1) is 32.6. The maximum atomic E-state index is 15.1. The predicted octanol–water partition coefficient (Wildman–Crippen LogP) is 7.40. The Morgan fingerprint density at radius 1 is 0.705 bits per heavy atom. The highest BCUT2D eigenvalue weighted by molar-refractivity contribution is 6.04. The second kappa shape index (κ2) is 12.8. The van der Waals surface area contributed by atoms with Crippen LogP contribution >= 0.6 is 0 Å². The molecule has 0 saturated heterocycles. The molecule has 0 aliphatic carbocycles. The van der Waals surface area contributed by atoms with Crippen molar-refractivity contribution in [3.63, 3.8) is 0 Å². The van der Waals surface area contributed by atoms with E-state index in [-0.39, 0.29) is 42.0 Å². The van der Waals surface area contributed by atoms with Crippen molar-refractivity contribution in [2.75, 3.05) is 31.5 Å². The summed E-state index contributed by atoms with van der Waals surface area (Å²) in [5.74, 6) is -3.06. The minimum absolute atomic E-state index is 0.0331. The summed E-state index contributed by atoms with van der Waals surface area (Å²) in [4.78, 5) is 40.4. The third-order valence-corrected chi connectivity index (χ3v) is 6.95. The van der Waals surface area contributed by atoms with Gasteiger partial charge in [0.15, 0.2) is 0 Å². The van der Waals surface area contributed by atoms with Crippen LogP contribution in [-0.2, 0) is 9.47 Å². The van der Waals surface area contributed by atoms with E-state index >= 15 is 13.2 Å². The average Bonchev–Trinajstić information content (AvgIpc) is 2.93. The van der Waals surface area contributed by atoms with E-state index in [1.54, 1.807) is 53.7 Å². The van der Waals surface area contributed by atoms with Gasteiger partial charge in [-0.25, -0.2) is 22.8 Å². The first-order valence-corrected chi connectivity index (χ1v) is 14.5. The molecule has 0 saturated carbocycles. The van der Waals surface area contributed by atoms with Crippen LogP contribution in [0.4, 0.5) is 28.4 Å². The lowest BCUT2D eigenvalue weighted by Crippen LogP contribution is -2.39. The number of hydrogen-bond acceptors (Lipinski definition) is 5. The number of benzene rings is 2. The molecule has 2 aromatic rings. The lowest BCUT2D eigenvalue weighted by atomic mass is 9.97. The number of nitrogens with one attached hydrogen (secondary N) is 1. The molecular weight excluding hydrogens is 575 g/mol. The van der Waals surface area contributed by atoms with Gasteiger partial charge in [-0.2, -0.15) is 0 Å². The Hall–Kier alpha value is -4.28. The van der Waals surface area contributed by atoms with Crippen molar-refractivity contribution in [1.29, 1.82) is 0 Å². The molecule has 0 bridgehead atoms. The summed E-state index contributed by atoms with van der Waals surface area (Å²) in [6, 6.07) is 5.78. The lowest BCUT2D eigenvalue weighted by molar-refractivity contribution is 0.0260. The lowest BCUT2D eigenvalue weighted by Gasteiger charge is -2.29. The van der Waals surface area contributed by atoms with E-state index in [2.05, 4.69) is 5.32 Å². The monoisotopic (exact) mass is 613 g/mol. The summed E-state index contributed by atoms with van der Waals surface area (Å²) in [5.41, 5.74) is -0.190. The topological polar surface area (TPSA) is 88.2 Å². The van der Waals surface area contributed by atoms with E-state index in [0.717, 1.165) is 18.2 Å². The van der Waals surface area contributed by atoms with E-state index < -0.39 is 46.7 Å². The molecule has 0 radical (unpaired) electrons. The van der Waals surface area contributed by atoms with Crippen molar-refractivity contribution in [2.24, 2.45) is 0 Å². The smallest absolute Gasteiger partial charge is 0.410 e. The Bertz CT molecular complexity index is 1520. The third-order valence-electron chi connectivity index (χ3n) is 6.95. The first-order valence-electron chi connectivity index (χ1n) is 14.5. The van der Waals surface area contributed by atoms with Gasteiger partial charge in [-0.3, -0.25) is 4.79 Å². The zero-order chi connectivity index (χ0) is 32.4. The van der Waals surface area contributed by atoms with Gasteiger partial charge in [0.05, 0.1) is 5.69 Å². The van der Waals surface area contributed by atoms with Crippen LogP contribution in [0.1, 0.15) is 75.9 Å². The van der Waals surface area contributed by atoms with Crippen LogP contribution in [-0.4, -0.2) is 65.3 Å². The van der Waals surface area contributed by atoms with Gasteiger partial charge >= 0.3 is 12.2 Å². The maximum absolute atomic E-state index is 15.1. The molecule has 2 aliphatic rings. The molecule has 0 aromatic heterocycles. The van der Waals surface area contributed by atoms with Crippen LogP contribution in [0.5, 0.6) is 0 Å². The second-order valence-corrected chi connectivity index (χ2v) is 12.8. The van der Waals surface area contributed by atoms with Crippen LogP contribution in [0.2, 0.25) is 0 Å². The molecule has 1 N–H and O–H groups in total. The Balaban J connectivity index is 1.41. The van der Waals surface area contributed by atoms with Crippen molar-refractivity contribution in [3.05, 3.63) is 76.6 Å². The number of nitrogens with zero attached hydrogens (tertiary/aromatic N) is 2. The number of anilines is 1. The summed E-state index contributed by atoms with van der Waals surface area (Å²) in [6.45, 7) is 11.7. The minimum Gasteiger partial charge on any atom is -0.444 e. The van der Waals surface area contributed by atoms with Crippen molar-refractivity contribution in [1.82, 2.24) is 9.80 Å². The van der Waals surface area contributed by atoms with Gasteiger partial charge in [-0.05, 0) is 83.7 Å². The van der Waals surface area contributed by atoms with Gasteiger partial charge in [0.1, 0.15) is 28.7 Å². The van der Waals surface area contributed by atoms with Crippen LogP contribution in [0.25, 0.3) is 11.1 Å². The number of hydrogen-bond donors (Lipinski definition) is 1. The number of rotatable bonds is 4. The van der Waals surface area contributed by atoms with Crippen LogP contribution in [0, 0.1) is 17.5 Å². The zero-order valence-electron chi connectivity index (χ0n) is 25.9. The molecule has 0 fully saturated rings. The highest BCUT2D eigenvalue weighted by Crippen LogP contribution is 2.30. The molecule has 3 amide bonds. The number of carbonyl (C=O) groups is 3. The van der Waals surface area contributed by atoms with Crippen LogP contribution in [0.3, 0.4) is 0 Å². The fourth-order valence-electron chi connectivity index (χ4n) is 4.81. The summed E-state index contributed by atoms with van der Waals surface area (Å²) < 4.78 is 55.9. The third kappa shape index (κ3) is 8.21. The van der Waals surface area contributed by atoms with Gasteiger partial charge in [0.25, 0.3) is 5.91 Å². The van der Waals surface area contributed by atoms with Gasteiger partial charge in [0, 0.05) is 48.9 Å². The standard InChI is InChI=1S/C33H38F3N3O5/c1-32(2,3)43-30(41)38-13-9-20(10-14-38)23-8-7-22(17-25(23)34)29(40)37-28-19-26(35)24(18-27(28)36)21-11-15-39(16-12-21)31(42)44-33(4,5)6/h7-9,11,17-19H,10,12-16H2,1-6H3,(H,37,40). The molecule has 2 aromatic carbocycles. The Kier molecular flexibility index (Phi) is 9.46. The summed E-state index contributed by atoms with van der Waals surface area (Å²) in [7, 11) is 0. The fourth-order valence-corrected chi connectivity index (χ4v) is 4.81. The molecule has 11 heteroatoms. The van der Waals surface area contributed by atoms with Crippen molar-refractivity contribution in [3.8, 4) is 0 Å². The molecule has 0 unspecified atom stereocenters. The summed E-state index contributed by atoms with van der Waals surface area (Å²) in [6.07, 6.45) is 3.14. The molecular formula is C33H38F3N3O5. The molecule has 8 nitrogen and oxygen atoms in total. The summed E-state index contributed by atoms with van der Waals surface area (Å²) in [5, 5.41) is 2.32. The number of amides is 3. The summed E-state index contributed by atoms with van der Waals surface area (Å²) >= 11 is 0. The second-order valence-electron chi connectivity index (χ2n) is 12.8. The van der Waals surface area contributed by atoms with Gasteiger partial charge < -0.3 is 24.6 Å². The predicted molar refractivity (Wildman–Crippen MR) is 162 cm³/mol. The van der Waals surface area contributed by atoms with Crippen molar-refractivity contribution in [2.45, 2.75) is 65.6 Å². The first-order chi connectivity index (χ1) is 20.5. The number of ether oxygens (including phenoxy) is 2. The highest BCUT2D eigenvalue weighted by atomic mass is 19.1. The van der Waals surface area contributed by atoms with E-state index in [1.165, 1.54) is 21.9 Å². The Labute approximate surface area is 255 Å². The van der Waals surface area contributed by atoms with Gasteiger partial charge in [-0.1, -0.05) is 18.2 Å². The quantitative estimate of drug-likeness (QED) is 0.388. The van der Waals surface area contributed by atoms with Crippen molar-refractivity contribution >= 4 is 34.9 Å². The SMILES string of the molecule is CC(C)(C)OC(=O)N1CC=C(c2ccc(C(=O)Nc3cc(F)c(C4=CCN(C(=O)OC(C)(C)C)CC4)cc3F)cc2F)CC1. The highest BCUT2D eigenvalue weighted by Gasteiger charge is 2.27. The normalized spacial score (nSPS) is 15.8. The number of halogens is 3. The Morgan fingerprint density at radius 3 is 1.66 bits per heavy atom. The van der Waals surface area contributed by atoms with Crippen molar-refractivity contribution < 1.29 is 37.0 Å². The molecule has 2 aliphatic heterocycles. The van der Waals surface area contributed by atoms with Crippen LogP contribution in [0.15, 0.2) is 42.5 Å². The molecule has 0 spiro atoms. The molecule has 2 heterocycles. The molecule has 44 heavy (non-hydrogen) atoms. The van der Waals surface area contributed by atoms with Gasteiger partial charge in [0.2, 0.25) is 0 Å². The number of carbonyl (C=O) groups excluding carboxylic acids is 3. The van der Waals surface area contributed by atoms with E-state index in [9.17, 15) is 14.4 Å². The van der Waals surface area contributed by atoms with E-state index in [0.29, 0.717) is 30.5 Å². The minimum atomic E-state index is -0.857. The largest absolute Gasteiger partial charge is 0.444 e. The van der Waals surface area contributed by atoms with Gasteiger partial charge in [-0.15, -0.1) is 0 Å². The molecule has 0 atom stereocenters. The van der Waals surface area contributed by atoms with Crippen LogP contribution < -0.4 is 5.32 Å².